The number of fused-ring (bicyclic) bond motifs is 1. The van der Waals surface area contributed by atoms with Gasteiger partial charge in [-0.2, -0.15) is 9.49 Å². The molecule has 228 valence electrons. The van der Waals surface area contributed by atoms with E-state index in [1.807, 2.05) is 31.4 Å². The van der Waals surface area contributed by atoms with Crippen molar-refractivity contribution in [3.8, 4) is 34.1 Å². The highest BCUT2D eigenvalue weighted by Crippen LogP contribution is 2.44. The summed E-state index contributed by atoms with van der Waals surface area (Å²) in [5.74, 6) is 0.0596. The Balaban J connectivity index is 1.30. The van der Waals surface area contributed by atoms with Gasteiger partial charge >= 0.3 is 0 Å². The number of allylic oxidation sites excluding steroid dienone is 2. The molecule has 0 saturated carbocycles. The molecule has 0 unspecified atom stereocenters. The topological polar surface area (TPSA) is 163 Å². The first-order chi connectivity index (χ1) is 22.4. The lowest BCUT2D eigenvalue weighted by molar-refractivity contribution is -0.111. The highest BCUT2D eigenvalue weighted by molar-refractivity contribution is 6.25. The number of nitrogens with one attached hydrogen (secondary N) is 2. The molecule has 4 heterocycles. The minimum absolute atomic E-state index is 0.193. The van der Waals surface area contributed by atoms with E-state index in [0.29, 0.717) is 51.5 Å². The van der Waals surface area contributed by atoms with Gasteiger partial charge in [0.05, 0.1) is 11.8 Å². The Labute approximate surface area is 261 Å². The summed E-state index contributed by atoms with van der Waals surface area (Å²) in [6.45, 7) is 0. The van der Waals surface area contributed by atoms with Crippen LogP contribution in [0.2, 0.25) is 0 Å². The van der Waals surface area contributed by atoms with Crippen molar-refractivity contribution in [3.63, 3.8) is 0 Å². The van der Waals surface area contributed by atoms with Crippen LogP contribution in [0.15, 0.2) is 108 Å². The summed E-state index contributed by atoms with van der Waals surface area (Å²) >= 11 is 0. The van der Waals surface area contributed by atoms with Crippen LogP contribution in [0.1, 0.15) is 5.56 Å². The fourth-order valence-corrected chi connectivity index (χ4v) is 4.69. The molecule has 2 amide bonds. The third kappa shape index (κ3) is 6.33. The van der Waals surface area contributed by atoms with Crippen molar-refractivity contribution in [1.82, 2.24) is 30.0 Å². The van der Waals surface area contributed by atoms with Crippen LogP contribution in [0.5, 0.6) is 11.6 Å². The molecule has 46 heavy (non-hydrogen) atoms. The lowest BCUT2D eigenvalue weighted by atomic mass is 10.0. The van der Waals surface area contributed by atoms with E-state index in [2.05, 4.69) is 30.7 Å². The minimum atomic E-state index is -0.679. The maximum Gasteiger partial charge on any atom is 0.256 e. The maximum absolute atomic E-state index is 13.4. The molecule has 0 aliphatic rings. The number of carbonyl (C=O) groups is 2. The van der Waals surface area contributed by atoms with E-state index in [9.17, 15) is 14.0 Å². The molecule has 0 bridgehead atoms. The quantitative estimate of drug-likeness (QED) is 0.0594. The van der Waals surface area contributed by atoms with Crippen LogP contribution in [-0.4, -0.2) is 37.0 Å². The molecule has 0 fully saturated rings. The summed E-state index contributed by atoms with van der Waals surface area (Å²) in [5.41, 5.74) is 10.3. The summed E-state index contributed by atoms with van der Waals surface area (Å²) in [6.07, 6.45) is 10.9. The fourth-order valence-electron chi connectivity index (χ4n) is 4.69. The van der Waals surface area contributed by atoms with Crippen LogP contribution in [0.4, 0.5) is 15.8 Å². The van der Waals surface area contributed by atoms with E-state index in [4.69, 9.17) is 14.9 Å². The van der Waals surface area contributed by atoms with Gasteiger partial charge < -0.3 is 25.5 Å². The molecule has 0 spiro atoms. The molecule has 4 aromatic heterocycles. The summed E-state index contributed by atoms with van der Waals surface area (Å²) in [4.78, 5) is 36.1. The number of aryl methyl sites for hydroxylation is 1. The SMILES string of the molecule is Cn1cc(-c2oc3ncnc(Oc4ccc(NC(=O)/C(=C/C=C\NC=O)c5ccc(F)nc5)cc4)c3c2-c2cccc(N)c2)cn1. The van der Waals surface area contributed by atoms with Gasteiger partial charge in [-0.05, 0) is 66.2 Å². The van der Waals surface area contributed by atoms with Crippen molar-refractivity contribution >= 4 is 40.4 Å². The number of halogens is 1. The standard InChI is InChI=1S/C33H25FN8O4/c1-42-17-22(16-40-42)30-28(20-4-2-5-23(35)14-20)29-32(38-18-39-33(29)46-30)45-25-10-8-24(9-11-25)41-31(44)26(6-3-13-36-19-43)21-7-12-27(34)37-15-21/h2-19H,35H2,1H3,(H,36,43)(H,41,44)/b13-3-,26-6+. The predicted octanol–water partition coefficient (Wildman–Crippen LogP) is 5.48. The lowest BCUT2D eigenvalue weighted by Crippen LogP contribution is -2.14. The van der Waals surface area contributed by atoms with E-state index in [1.54, 1.807) is 41.2 Å². The molecular weight excluding hydrogens is 591 g/mol. The molecule has 0 atom stereocenters. The van der Waals surface area contributed by atoms with Crippen molar-refractivity contribution in [2.24, 2.45) is 7.05 Å². The number of ether oxygens (including phenoxy) is 1. The zero-order valence-electron chi connectivity index (χ0n) is 24.2. The number of rotatable bonds is 10. The van der Waals surface area contributed by atoms with Crippen LogP contribution >= 0.6 is 0 Å². The number of carbonyl (C=O) groups excluding carboxylic acids is 2. The van der Waals surface area contributed by atoms with Crippen LogP contribution in [0.3, 0.4) is 0 Å². The average molecular weight is 617 g/mol. The molecule has 2 aromatic carbocycles. The predicted molar refractivity (Wildman–Crippen MR) is 170 cm³/mol. The number of amides is 2. The Kier molecular flexibility index (Phi) is 8.28. The third-order valence-electron chi connectivity index (χ3n) is 6.73. The molecule has 6 aromatic rings. The molecule has 4 N–H and O–H groups in total. The number of hydrogen-bond acceptors (Lipinski definition) is 9. The van der Waals surface area contributed by atoms with Crippen molar-refractivity contribution in [2.75, 3.05) is 11.1 Å². The lowest BCUT2D eigenvalue weighted by Gasteiger charge is -2.11. The fraction of sp³-hybridized carbons (Fsp3) is 0.0303. The van der Waals surface area contributed by atoms with Crippen molar-refractivity contribution in [1.29, 1.82) is 0 Å². The van der Waals surface area contributed by atoms with Gasteiger partial charge in [0.15, 0.2) is 0 Å². The van der Waals surface area contributed by atoms with Gasteiger partial charge in [0, 0.05) is 53.7 Å². The van der Waals surface area contributed by atoms with Crippen LogP contribution < -0.4 is 21.1 Å². The first kappa shape index (κ1) is 29.4. The van der Waals surface area contributed by atoms with E-state index in [0.717, 1.165) is 17.2 Å². The molecule has 0 radical (unpaired) electrons. The number of hydrogen-bond donors (Lipinski definition) is 3. The number of aromatic nitrogens is 5. The van der Waals surface area contributed by atoms with E-state index in [-0.39, 0.29) is 11.5 Å². The van der Waals surface area contributed by atoms with Gasteiger partial charge in [0.25, 0.3) is 5.91 Å². The second kappa shape index (κ2) is 12.9. The number of benzene rings is 2. The highest BCUT2D eigenvalue weighted by Gasteiger charge is 2.24. The Morgan fingerprint density at radius 2 is 1.89 bits per heavy atom. The number of furan rings is 1. The first-order valence-corrected chi connectivity index (χ1v) is 13.8. The highest BCUT2D eigenvalue weighted by atomic mass is 19.1. The molecule has 0 aliphatic heterocycles. The summed E-state index contributed by atoms with van der Waals surface area (Å²) in [7, 11) is 1.81. The molecule has 0 aliphatic carbocycles. The van der Waals surface area contributed by atoms with Gasteiger partial charge in [-0.3, -0.25) is 14.3 Å². The maximum atomic E-state index is 13.4. The number of nitrogen functional groups attached to an aromatic ring is 1. The number of anilines is 2. The summed E-state index contributed by atoms with van der Waals surface area (Å²) in [5, 5.41) is 10.00. The second-order valence-corrected chi connectivity index (χ2v) is 9.87. The smallest absolute Gasteiger partial charge is 0.256 e. The largest absolute Gasteiger partial charge is 0.438 e. The van der Waals surface area contributed by atoms with Gasteiger partial charge in [0.1, 0.15) is 23.2 Å². The average Bonchev–Trinajstić information content (AvgIpc) is 3.67. The summed E-state index contributed by atoms with van der Waals surface area (Å²) in [6, 6.07) is 16.6. The number of nitrogens with zero attached hydrogens (tertiary/aromatic N) is 5. The van der Waals surface area contributed by atoms with Crippen LogP contribution in [-0.2, 0) is 16.6 Å². The monoisotopic (exact) mass is 616 g/mol. The van der Waals surface area contributed by atoms with Crippen LogP contribution in [0.25, 0.3) is 39.1 Å². The minimum Gasteiger partial charge on any atom is -0.438 e. The van der Waals surface area contributed by atoms with Crippen molar-refractivity contribution < 1.29 is 23.1 Å². The first-order valence-electron chi connectivity index (χ1n) is 13.8. The zero-order valence-corrected chi connectivity index (χ0v) is 24.2. The molecular formula is C33H25FN8O4. The molecule has 0 saturated heterocycles. The van der Waals surface area contributed by atoms with Crippen LogP contribution in [0, 0.1) is 5.95 Å². The molecule has 13 heteroatoms. The van der Waals surface area contributed by atoms with Crippen molar-refractivity contribution in [3.05, 3.63) is 115 Å². The Bertz CT molecular complexity index is 2100. The summed E-state index contributed by atoms with van der Waals surface area (Å²) < 4.78 is 27.5. The van der Waals surface area contributed by atoms with Crippen molar-refractivity contribution in [2.45, 2.75) is 0 Å². The number of nitrogens with two attached hydrogens (primary N) is 1. The zero-order chi connectivity index (χ0) is 32.0. The molecule has 6 rings (SSSR count). The molecule has 12 nitrogen and oxygen atoms in total. The van der Waals surface area contributed by atoms with Gasteiger partial charge in [-0.1, -0.05) is 12.1 Å². The second-order valence-electron chi connectivity index (χ2n) is 9.87. The van der Waals surface area contributed by atoms with E-state index < -0.39 is 11.9 Å². The van der Waals surface area contributed by atoms with E-state index in [1.165, 1.54) is 36.9 Å². The Morgan fingerprint density at radius 3 is 2.61 bits per heavy atom. The van der Waals surface area contributed by atoms with Gasteiger partial charge in [-0.25, -0.2) is 15.0 Å². The Morgan fingerprint density at radius 1 is 1.04 bits per heavy atom. The Hall–Kier alpha value is -6.63. The van der Waals surface area contributed by atoms with Gasteiger partial charge in [-0.15, -0.1) is 0 Å². The van der Waals surface area contributed by atoms with Gasteiger partial charge in [0.2, 0.25) is 24.0 Å². The van der Waals surface area contributed by atoms with E-state index >= 15 is 0 Å². The normalized spacial score (nSPS) is 11.6. The number of pyridine rings is 1. The third-order valence-corrected chi connectivity index (χ3v) is 6.73.